The zero-order chi connectivity index (χ0) is 92.6. The van der Waals surface area contributed by atoms with Crippen LogP contribution in [-0.4, -0.2) is 64.3 Å². The number of rotatable bonds is 16. The number of nitrogens with two attached hydrogens (primary N) is 2. The van der Waals surface area contributed by atoms with Gasteiger partial charge < -0.3 is 28.2 Å². The average molecular weight is 2090 g/mol. The van der Waals surface area contributed by atoms with Gasteiger partial charge in [-0.3, -0.25) is 19.7 Å². The van der Waals surface area contributed by atoms with Crippen molar-refractivity contribution in [3.8, 4) is 0 Å². The van der Waals surface area contributed by atoms with E-state index in [1.54, 1.807) is 55.0 Å². The van der Waals surface area contributed by atoms with Crippen molar-refractivity contribution < 1.29 is 93.7 Å². The van der Waals surface area contributed by atoms with Crippen LogP contribution >= 0.6 is 63.5 Å². The summed E-state index contributed by atoms with van der Waals surface area (Å²) in [4.78, 5) is 22.4. The van der Waals surface area contributed by atoms with Gasteiger partial charge in [0.05, 0.1) is 44.3 Å². The van der Waals surface area contributed by atoms with Crippen LogP contribution in [0, 0.1) is 29.9 Å². The van der Waals surface area contributed by atoms with E-state index in [1.807, 2.05) is 24.3 Å². The zero-order valence-electron chi connectivity index (χ0n) is 73.9. The van der Waals surface area contributed by atoms with Crippen molar-refractivity contribution in [2.24, 2.45) is 5.73 Å². The molecule has 135 heavy (non-hydrogen) atoms. The monoisotopic (exact) mass is 2090 g/mol. The minimum atomic E-state index is -0.954. The first-order valence-corrected chi connectivity index (χ1v) is 48.2. The molecule has 0 fully saturated rings. The Bertz CT molecular complexity index is 5680. The Morgan fingerprint density at radius 2 is 0.556 bits per heavy atom. The maximum Gasteiger partial charge on any atom is 1.00 e. The molecule has 0 atom stereocenters. The van der Waals surface area contributed by atoms with Crippen LogP contribution in [0.1, 0.15) is 24.8 Å². The van der Waals surface area contributed by atoms with Gasteiger partial charge in [-0.2, -0.15) is 0 Å². The summed E-state index contributed by atoms with van der Waals surface area (Å²) in [6, 6.07) is 154. The molecule has 0 aliphatic heterocycles. The van der Waals surface area contributed by atoms with Gasteiger partial charge in [-0.05, 0) is 182 Å². The Morgan fingerprint density at radius 1 is 0.333 bits per heavy atom. The van der Waals surface area contributed by atoms with E-state index in [9.17, 15) is 22.4 Å². The van der Waals surface area contributed by atoms with Gasteiger partial charge >= 0.3 is 40.9 Å². The Morgan fingerprint density at radius 3 is 0.770 bits per heavy atom. The van der Waals surface area contributed by atoms with Crippen LogP contribution in [0.15, 0.2) is 483 Å². The Hall–Kier alpha value is -11.1. The Kier molecular flexibility index (Phi) is 52.8. The van der Waals surface area contributed by atoms with Crippen molar-refractivity contribution >= 4 is 180 Å². The number of carbonyl (C=O) groups excluding carboxylic acids is 1. The van der Waals surface area contributed by atoms with Gasteiger partial charge in [-0.1, -0.05) is 390 Å². The molecule has 7 N–H and O–H groups in total. The molecule has 0 aliphatic rings. The predicted molar refractivity (Wildman–Crippen MR) is 563 cm³/mol. The van der Waals surface area contributed by atoms with Crippen molar-refractivity contribution in [1.82, 2.24) is 15.0 Å². The van der Waals surface area contributed by atoms with Crippen molar-refractivity contribution in [2.75, 3.05) is 18.9 Å². The van der Waals surface area contributed by atoms with Crippen LogP contribution in [0.3, 0.4) is 0 Å². The summed E-state index contributed by atoms with van der Waals surface area (Å²) in [5.74, 6) is -1.41. The number of nitrogens with zero attached hydrogens (tertiary/aromatic N) is 3. The Labute approximate surface area is 849 Å². The number of halogens is 6. The smallest absolute Gasteiger partial charge is 1.00 e. The van der Waals surface area contributed by atoms with E-state index >= 15 is 0 Å². The van der Waals surface area contributed by atoms with E-state index in [4.69, 9.17) is 31.4 Å². The molecule has 23 heteroatoms. The van der Waals surface area contributed by atoms with Crippen LogP contribution in [0.25, 0.3) is 32.7 Å². The van der Waals surface area contributed by atoms with E-state index in [0.29, 0.717) is 43.0 Å². The molecule has 0 aliphatic carbocycles. The number of aliphatic hydroxyl groups excluding tert-OH is 3. The van der Waals surface area contributed by atoms with E-state index < -0.39 is 43.6 Å². The molecule has 3 radical (unpaired) electrons. The first-order chi connectivity index (χ1) is 64.2. The van der Waals surface area contributed by atoms with Crippen molar-refractivity contribution in [1.29, 1.82) is 0 Å². The average Bonchev–Trinajstić information content (AvgIpc) is 0.827. The number of anilines is 1. The largest absolute Gasteiger partial charge is 1.00 e. The van der Waals surface area contributed by atoms with Gasteiger partial charge in [0.25, 0.3) is 0 Å². The van der Waals surface area contributed by atoms with Crippen LogP contribution in [0.4, 0.5) is 23.2 Å². The molecule has 0 saturated carbocycles. The summed E-state index contributed by atoms with van der Waals surface area (Å²) < 4.78 is 60.1. The maximum absolute atomic E-state index is 13.2. The molecule has 677 valence electrons. The Balaban J connectivity index is 0.000000272. The predicted octanol–water partition coefficient (Wildman–Crippen LogP) is 18.8. The first kappa shape index (κ1) is 113. The maximum atomic E-state index is 13.2. The number of aromatic nitrogens is 3. The van der Waals surface area contributed by atoms with Crippen molar-refractivity contribution in [2.45, 2.75) is 20.1 Å². The molecule has 0 saturated heterocycles. The topological polar surface area (TPSA) is 188 Å². The van der Waals surface area contributed by atoms with E-state index in [0.717, 1.165) is 16.2 Å². The summed E-state index contributed by atoms with van der Waals surface area (Å²) in [5.41, 5.74) is 13.6. The second-order valence-electron chi connectivity index (χ2n) is 28.1. The third-order valence-corrected chi connectivity index (χ3v) is 30.0. The van der Waals surface area contributed by atoms with Crippen LogP contribution in [0.2, 0.25) is 0 Å². The van der Waals surface area contributed by atoms with Crippen LogP contribution < -0.4 is 105 Å². The molecule has 0 bridgehead atoms. The minimum Gasteiger partial charge on any atom is -1.00 e. The van der Waals surface area contributed by atoms with E-state index in [2.05, 4.69) is 417 Å². The fourth-order valence-corrected chi connectivity index (χ4v) is 22.7. The standard InChI is InChI=1S/4C18H15P.C10H9FN2.C10H6FNO.C9H5BrFN.C6H5BrFN.C3H8O3.CO.CH4.B.Na.Pd.H/c4*1-4-10-16(11-5-1)19(17-12-6-2-7-13-17)18-14-8-3-9-15-18;11-9-5-10-7(2-1-3-13-10)4-8(9)6-12;11-9-5-10-7(2-1-3-12-10)4-8(9)6-13;10-7-4-6-2-1-3-12-9(6)5-8(7)11;7-5-2-1-4(9)3-6(5)8;4-1-3(6)2-5;1-2;;;;;/h4*1-15H;1-5H,6,12H2;1-6H;1-5H;1-3H,9H2;3-6H,1-2H2;;1H4;;;;/q;;;;;;;;;;;;+1;;-1. The fraction of sp³-hybridized carbons (Fsp3) is 0.0446. The number of fused-ring (bicyclic) bond motifs is 3. The number of pyridine rings is 3. The van der Waals surface area contributed by atoms with E-state index in [-0.39, 0.29) is 110 Å². The summed E-state index contributed by atoms with van der Waals surface area (Å²) in [5, 5.41) is 43.4. The second-order valence-corrected chi connectivity index (χ2v) is 38.6. The van der Waals surface area contributed by atoms with Crippen LogP contribution in [-0.2, 0) is 31.6 Å². The molecule has 3 heterocycles. The van der Waals surface area contributed by atoms with Crippen molar-refractivity contribution in [3.05, 3.63) is 524 Å². The number of benzene rings is 16. The third kappa shape index (κ3) is 36.2. The van der Waals surface area contributed by atoms with Gasteiger partial charge in [0, 0.05) is 99.6 Å². The normalized spacial score (nSPS) is 9.99. The zero-order valence-corrected chi connectivity index (χ0v) is 83.2. The SMILES string of the molecule is C.Fc1cc2ncccc2cc1Br.NCc1cc2cccnc2cc1F.Nc1ccc(Br)c(F)c1.O=Cc1cc2cccnc2cc1F.OCC(O)CO.[B].[C-]#[O+].[H-].[Na+].[Pd].c1ccc(P(c2ccccc2)c2ccccc2)cc1.c1ccc(P(c2ccccc2)c2ccccc2)cc1.c1ccc(P(c2ccccc2)c2ccccc2)cc1.c1ccc(P(c2ccccc2)c2ccccc2)cc1. The van der Waals surface area contributed by atoms with Gasteiger partial charge in [-0.25, -0.2) is 17.6 Å². The van der Waals surface area contributed by atoms with Gasteiger partial charge in [0.1, 0.15) is 29.4 Å². The molecule has 0 amide bonds. The molecular formula is C112H98BBr2F4N5NaO5P4Pd. The summed E-state index contributed by atoms with van der Waals surface area (Å²) >= 11 is 6.11. The number of hydrogen-bond acceptors (Lipinski definition) is 9. The summed E-state index contributed by atoms with van der Waals surface area (Å²) in [6.45, 7) is 3.99. The summed E-state index contributed by atoms with van der Waals surface area (Å²) in [6.07, 6.45) is 4.42. The quantitative estimate of drug-likeness (QED) is 0.0119. The third-order valence-electron chi connectivity index (χ3n) is 19.0. The van der Waals surface area contributed by atoms with Gasteiger partial charge in [0.2, 0.25) is 0 Å². The minimum absolute atomic E-state index is 0. The van der Waals surface area contributed by atoms with Gasteiger partial charge in [-0.15, -0.1) is 0 Å². The molecule has 16 aromatic carbocycles. The number of nitrogen functional groups attached to an aromatic ring is 1. The fourth-order valence-electron chi connectivity index (χ4n) is 12.9. The summed E-state index contributed by atoms with van der Waals surface area (Å²) in [7, 11) is -1.78. The molecule has 3 aromatic heterocycles. The van der Waals surface area contributed by atoms with Gasteiger partial charge in [0.15, 0.2) is 6.29 Å². The molecule has 0 spiro atoms. The molecule has 19 aromatic rings. The number of hydrogen-bond donors (Lipinski definition) is 5. The number of aliphatic hydroxyl groups is 3. The molecule has 10 nitrogen and oxygen atoms in total. The molecule has 0 unspecified atom stereocenters. The second kappa shape index (κ2) is 63.3. The molecular weight excluding hydrogens is 2000 g/mol. The first-order valence-electron chi connectivity index (χ1n) is 41.2. The number of carbonyl (C=O) groups is 1. The van der Waals surface area contributed by atoms with E-state index in [1.165, 1.54) is 94.0 Å². The van der Waals surface area contributed by atoms with Crippen LogP contribution in [0.5, 0.6) is 0 Å². The van der Waals surface area contributed by atoms with Crippen molar-refractivity contribution in [3.63, 3.8) is 0 Å². The molecule has 19 rings (SSSR count). The number of aldehydes is 1.